The van der Waals surface area contributed by atoms with E-state index in [1.54, 1.807) is 30.5 Å². The van der Waals surface area contributed by atoms with Crippen LogP contribution >= 0.6 is 0 Å². The minimum atomic E-state index is -0.285. The summed E-state index contributed by atoms with van der Waals surface area (Å²) in [6, 6.07) is 14.9. The minimum absolute atomic E-state index is 0.198. The number of rotatable bonds is 4. The Morgan fingerprint density at radius 2 is 1.70 bits per heavy atom. The molecule has 6 heteroatoms. The van der Waals surface area contributed by atoms with Crippen LogP contribution < -0.4 is 20.1 Å². The third kappa shape index (κ3) is 3.55. The molecule has 6 nitrogen and oxygen atoms in total. The Balaban J connectivity index is 1.46. The van der Waals surface area contributed by atoms with Crippen molar-refractivity contribution in [3.05, 3.63) is 71.5 Å². The molecule has 136 valence electrons. The van der Waals surface area contributed by atoms with Gasteiger partial charge in [0.1, 0.15) is 5.69 Å². The van der Waals surface area contributed by atoms with E-state index in [0.717, 1.165) is 22.5 Å². The molecule has 0 radical (unpaired) electrons. The molecule has 0 atom stereocenters. The van der Waals surface area contributed by atoms with Crippen molar-refractivity contribution in [2.24, 2.45) is 0 Å². The van der Waals surface area contributed by atoms with Crippen LogP contribution in [0.4, 0.5) is 17.1 Å². The van der Waals surface area contributed by atoms with Crippen molar-refractivity contribution >= 4 is 23.0 Å². The molecule has 1 aliphatic rings. The number of ether oxygens (including phenoxy) is 2. The number of nitrogens with zero attached hydrogens (tertiary/aromatic N) is 1. The third-order valence-electron chi connectivity index (χ3n) is 4.38. The number of hydrogen-bond acceptors (Lipinski definition) is 5. The predicted molar refractivity (Wildman–Crippen MR) is 104 cm³/mol. The van der Waals surface area contributed by atoms with E-state index in [9.17, 15) is 4.79 Å². The lowest BCUT2D eigenvalue weighted by atomic mass is 10.1. The Kier molecular flexibility index (Phi) is 4.38. The minimum Gasteiger partial charge on any atom is -0.454 e. The topological polar surface area (TPSA) is 72.5 Å². The summed E-state index contributed by atoms with van der Waals surface area (Å²) in [6.07, 6.45) is 1.65. The van der Waals surface area contributed by atoms with E-state index < -0.39 is 0 Å². The maximum Gasteiger partial charge on any atom is 0.274 e. The van der Waals surface area contributed by atoms with Gasteiger partial charge >= 0.3 is 0 Å². The average Bonchev–Trinajstić information content (AvgIpc) is 3.13. The molecule has 0 saturated carbocycles. The number of aromatic nitrogens is 1. The van der Waals surface area contributed by atoms with E-state index in [4.69, 9.17) is 9.47 Å². The maximum absolute atomic E-state index is 12.4. The highest BCUT2D eigenvalue weighted by Gasteiger charge is 2.15. The fourth-order valence-corrected chi connectivity index (χ4v) is 2.93. The van der Waals surface area contributed by atoms with E-state index >= 15 is 0 Å². The highest BCUT2D eigenvalue weighted by Crippen LogP contribution is 2.34. The van der Waals surface area contributed by atoms with Gasteiger partial charge in [0.05, 0.1) is 11.9 Å². The molecule has 0 saturated heterocycles. The first-order chi connectivity index (χ1) is 13.1. The average molecular weight is 361 g/mol. The van der Waals surface area contributed by atoms with Gasteiger partial charge in [-0.15, -0.1) is 0 Å². The molecule has 1 amide bonds. The second-order valence-corrected chi connectivity index (χ2v) is 6.35. The van der Waals surface area contributed by atoms with Crippen LogP contribution in [0.1, 0.15) is 21.6 Å². The van der Waals surface area contributed by atoms with Crippen LogP contribution in [-0.4, -0.2) is 17.7 Å². The monoisotopic (exact) mass is 361 g/mol. The van der Waals surface area contributed by atoms with Gasteiger partial charge in [-0.2, -0.15) is 0 Å². The molecule has 0 fully saturated rings. The van der Waals surface area contributed by atoms with Crippen LogP contribution in [0.3, 0.4) is 0 Å². The van der Waals surface area contributed by atoms with Gasteiger partial charge in [0.2, 0.25) is 6.79 Å². The van der Waals surface area contributed by atoms with Crippen LogP contribution in [0.2, 0.25) is 0 Å². The van der Waals surface area contributed by atoms with Gasteiger partial charge in [-0.05, 0) is 49.2 Å². The van der Waals surface area contributed by atoms with E-state index in [1.165, 1.54) is 0 Å². The Morgan fingerprint density at radius 3 is 2.44 bits per heavy atom. The highest BCUT2D eigenvalue weighted by atomic mass is 16.7. The number of para-hydroxylation sites is 1. The smallest absolute Gasteiger partial charge is 0.274 e. The first-order valence-electron chi connectivity index (χ1n) is 8.60. The highest BCUT2D eigenvalue weighted by molar-refractivity contribution is 6.03. The van der Waals surface area contributed by atoms with Crippen LogP contribution in [0.5, 0.6) is 11.5 Å². The molecule has 0 unspecified atom stereocenters. The van der Waals surface area contributed by atoms with Crippen LogP contribution in [0.15, 0.2) is 54.7 Å². The third-order valence-corrected chi connectivity index (χ3v) is 4.38. The van der Waals surface area contributed by atoms with Crippen molar-refractivity contribution in [3.63, 3.8) is 0 Å². The number of fused-ring (bicyclic) bond motifs is 1. The molecular weight excluding hydrogens is 342 g/mol. The van der Waals surface area contributed by atoms with Crippen LogP contribution in [0.25, 0.3) is 0 Å². The van der Waals surface area contributed by atoms with Crippen molar-refractivity contribution in [2.75, 3.05) is 17.4 Å². The maximum atomic E-state index is 12.4. The summed E-state index contributed by atoms with van der Waals surface area (Å²) in [5, 5.41) is 6.18. The fourth-order valence-electron chi connectivity index (χ4n) is 2.93. The molecule has 2 heterocycles. The summed E-state index contributed by atoms with van der Waals surface area (Å²) in [4.78, 5) is 16.7. The number of benzene rings is 2. The van der Waals surface area contributed by atoms with Gasteiger partial charge in [0.25, 0.3) is 5.91 Å². The molecule has 1 aliphatic heterocycles. The second-order valence-electron chi connectivity index (χ2n) is 6.35. The number of amides is 1. The molecule has 0 spiro atoms. The summed E-state index contributed by atoms with van der Waals surface area (Å²) in [5.41, 5.74) is 5.15. The van der Waals surface area contributed by atoms with E-state index in [2.05, 4.69) is 41.6 Å². The second kappa shape index (κ2) is 6.99. The Bertz CT molecular complexity index is 980. The number of aryl methyl sites for hydroxylation is 2. The standard InChI is InChI=1S/C21H19N3O3/c1-13-4-3-5-14(2)20(13)23-16-6-8-17(22-11-16)21(25)24-15-7-9-18-19(10-15)27-12-26-18/h3-11,23H,12H2,1-2H3,(H,24,25). The number of carbonyl (C=O) groups is 1. The molecule has 0 bridgehead atoms. The van der Waals surface area contributed by atoms with Crippen LogP contribution in [0, 0.1) is 13.8 Å². The molecular formula is C21H19N3O3. The number of hydrogen-bond donors (Lipinski definition) is 2. The Morgan fingerprint density at radius 1 is 0.963 bits per heavy atom. The zero-order valence-corrected chi connectivity index (χ0v) is 15.1. The van der Waals surface area contributed by atoms with Crippen molar-refractivity contribution in [2.45, 2.75) is 13.8 Å². The van der Waals surface area contributed by atoms with Gasteiger partial charge < -0.3 is 20.1 Å². The summed E-state index contributed by atoms with van der Waals surface area (Å²) < 4.78 is 10.6. The number of nitrogens with one attached hydrogen (secondary N) is 2. The lowest BCUT2D eigenvalue weighted by molar-refractivity contribution is 0.102. The van der Waals surface area contributed by atoms with Gasteiger partial charge in [0, 0.05) is 17.4 Å². The fraction of sp³-hybridized carbons (Fsp3) is 0.143. The van der Waals surface area contributed by atoms with E-state index in [0.29, 0.717) is 22.9 Å². The van der Waals surface area contributed by atoms with Gasteiger partial charge in [-0.3, -0.25) is 4.79 Å². The summed E-state index contributed by atoms with van der Waals surface area (Å²) in [5.74, 6) is 1.01. The van der Waals surface area contributed by atoms with Crippen molar-refractivity contribution in [1.82, 2.24) is 4.98 Å². The van der Waals surface area contributed by atoms with Crippen molar-refractivity contribution in [1.29, 1.82) is 0 Å². The summed E-state index contributed by atoms with van der Waals surface area (Å²) in [7, 11) is 0. The SMILES string of the molecule is Cc1cccc(C)c1Nc1ccc(C(=O)Nc2ccc3c(c2)OCO3)nc1. The Labute approximate surface area is 157 Å². The van der Waals surface area contributed by atoms with Crippen molar-refractivity contribution < 1.29 is 14.3 Å². The van der Waals surface area contributed by atoms with E-state index in [-0.39, 0.29) is 12.7 Å². The molecule has 3 aromatic rings. The Hall–Kier alpha value is -3.54. The molecule has 2 N–H and O–H groups in total. The van der Waals surface area contributed by atoms with Crippen LogP contribution in [-0.2, 0) is 0 Å². The predicted octanol–water partition coefficient (Wildman–Crippen LogP) is 4.42. The molecule has 2 aromatic carbocycles. The normalized spacial score (nSPS) is 11.9. The van der Waals surface area contributed by atoms with Gasteiger partial charge in [0.15, 0.2) is 11.5 Å². The van der Waals surface area contributed by atoms with E-state index in [1.807, 2.05) is 12.1 Å². The van der Waals surface area contributed by atoms with Gasteiger partial charge in [-0.25, -0.2) is 4.98 Å². The molecule has 27 heavy (non-hydrogen) atoms. The van der Waals surface area contributed by atoms with Gasteiger partial charge in [-0.1, -0.05) is 18.2 Å². The van der Waals surface area contributed by atoms with Crippen molar-refractivity contribution in [3.8, 4) is 11.5 Å². The quantitative estimate of drug-likeness (QED) is 0.719. The first kappa shape index (κ1) is 16.9. The largest absolute Gasteiger partial charge is 0.454 e. The number of anilines is 3. The number of carbonyl (C=O) groups excluding carboxylic acids is 1. The molecule has 1 aromatic heterocycles. The first-order valence-corrected chi connectivity index (χ1v) is 8.60. The zero-order chi connectivity index (χ0) is 18.8. The zero-order valence-electron chi connectivity index (χ0n) is 15.1. The lowest BCUT2D eigenvalue weighted by Crippen LogP contribution is -2.13. The summed E-state index contributed by atoms with van der Waals surface area (Å²) in [6.45, 7) is 4.30. The lowest BCUT2D eigenvalue weighted by Gasteiger charge is -2.12. The molecule has 4 rings (SSSR count). The summed E-state index contributed by atoms with van der Waals surface area (Å²) >= 11 is 0. The molecule has 0 aliphatic carbocycles. The number of pyridine rings is 1.